The van der Waals surface area contributed by atoms with Crippen molar-refractivity contribution < 1.29 is 8.42 Å². The number of para-hydroxylation sites is 1. The summed E-state index contributed by atoms with van der Waals surface area (Å²) in [6.07, 6.45) is 1.59. The van der Waals surface area contributed by atoms with Crippen LogP contribution in [0.1, 0.15) is 12.6 Å². The first-order valence-corrected chi connectivity index (χ1v) is 8.40. The second-order valence-electron chi connectivity index (χ2n) is 4.92. The molecule has 0 bridgehead atoms. The van der Waals surface area contributed by atoms with Gasteiger partial charge in [-0.25, -0.2) is 13.1 Å². The van der Waals surface area contributed by atoms with Gasteiger partial charge in [0.15, 0.2) is 0 Å². The molecule has 1 aromatic carbocycles. The van der Waals surface area contributed by atoms with Crippen molar-refractivity contribution in [3.8, 4) is 0 Å². The van der Waals surface area contributed by atoms with Gasteiger partial charge in [0.25, 0.3) is 10.0 Å². The molecular weight excluding hydrogens is 300 g/mol. The van der Waals surface area contributed by atoms with Crippen molar-refractivity contribution in [2.24, 2.45) is 0 Å². The fourth-order valence-corrected chi connectivity index (χ4v) is 3.59. The molecule has 0 aliphatic rings. The Balaban J connectivity index is 2.09. The summed E-state index contributed by atoms with van der Waals surface area (Å²) in [6, 6.07) is 10.4. The summed E-state index contributed by atoms with van der Waals surface area (Å²) in [6.45, 7) is 4.31. The predicted octanol–water partition coefficient (Wildman–Crippen LogP) is 2.56. The number of rotatable bonds is 4. The fourth-order valence-electron chi connectivity index (χ4n) is 2.35. The zero-order chi connectivity index (χ0) is 15.7. The van der Waals surface area contributed by atoms with Gasteiger partial charge in [-0.3, -0.25) is 9.71 Å². The average molecular weight is 316 g/mol. The largest absolute Gasteiger partial charge is 0.265 e. The molecule has 0 spiro atoms. The van der Waals surface area contributed by atoms with Crippen molar-refractivity contribution in [2.45, 2.75) is 25.3 Å². The van der Waals surface area contributed by atoms with E-state index < -0.39 is 10.0 Å². The Labute approximate surface area is 128 Å². The quantitative estimate of drug-likeness (QED) is 0.802. The number of aryl methyl sites for hydroxylation is 2. The van der Waals surface area contributed by atoms with E-state index >= 15 is 0 Å². The summed E-state index contributed by atoms with van der Waals surface area (Å²) >= 11 is 0. The van der Waals surface area contributed by atoms with Crippen LogP contribution >= 0.6 is 0 Å². The average Bonchev–Trinajstić information content (AvgIpc) is 2.85. The minimum atomic E-state index is -3.73. The summed E-state index contributed by atoms with van der Waals surface area (Å²) in [5.41, 5.74) is 1.22. The van der Waals surface area contributed by atoms with Gasteiger partial charge >= 0.3 is 0 Å². The maximum atomic E-state index is 12.7. The molecule has 2 aromatic heterocycles. The van der Waals surface area contributed by atoms with Crippen molar-refractivity contribution in [1.82, 2.24) is 14.8 Å². The number of nitrogens with zero attached hydrogens (tertiary/aromatic N) is 3. The van der Waals surface area contributed by atoms with Crippen LogP contribution < -0.4 is 4.72 Å². The van der Waals surface area contributed by atoms with Crippen LogP contribution in [-0.2, 0) is 16.6 Å². The van der Waals surface area contributed by atoms with E-state index in [4.69, 9.17) is 0 Å². The second-order valence-corrected chi connectivity index (χ2v) is 6.57. The molecule has 0 amide bonds. The zero-order valence-electron chi connectivity index (χ0n) is 12.3. The Morgan fingerprint density at radius 1 is 1.23 bits per heavy atom. The van der Waals surface area contributed by atoms with Gasteiger partial charge in [0.2, 0.25) is 0 Å². The van der Waals surface area contributed by atoms with Gasteiger partial charge in [-0.05, 0) is 26.0 Å². The van der Waals surface area contributed by atoms with Crippen LogP contribution in [0.25, 0.3) is 10.9 Å². The first kappa shape index (κ1) is 14.5. The Hall–Kier alpha value is -2.41. The summed E-state index contributed by atoms with van der Waals surface area (Å²) in [7, 11) is -3.73. The molecule has 3 aromatic rings. The summed E-state index contributed by atoms with van der Waals surface area (Å²) < 4.78 is 29.6. The molecule has 6 nitrogen and oxygen atoms in total. The second kappa shape index (κ2) is 5.42. The van der Waals surface area contributed by atoms with Crippen LogP contribution in [0.5, 0.6) is 0 Å². The normalized spacial score (nSPS) is 11.7. The van der Waals surface area contributed by atoms with Crippen molar-refractivity contribution >= 4 is 26.7 Å². The van der Waals surface area contributed by atoms with Crippen molar-refractivity contribution in [3.05, 3.63) is 48.3 Å². The highest BCUT2D eigenvalue weighted by Crippen LogP contribution is 2.23. The highest BCUT2D eigenvalue weighted by Gasteiger charge is 2.20. The number of pyridine rings is 1. The van der Waals surface area contributed by atoms with Crippen LogP contribution in [0.4, 0.5) is 5.82 Å². The minimum Gasteiger partial charge on any atom is -0.263 e. The topological polar surface area (TPSA) is 76.9 Å². The van der Waals surface area contributed by atoms with Crippen LogP contribution in [0, 0.1) is 6.92 Å². The van der Waals surface area contributed by atoms with Crippen LogP contribution in [0.3, 0.4) is 0 Å². The molecule has 22 heavy (non-hydrogen) atoms. The smallest absolute Gasteiger partial charge is 0.263 e. The van der Waals surface area contributed by atoms with E-state index in [1.807, 2.05) is 26.0 Å². The van der Waals surface area contributed by atoms with E-state index in [0.29, 0.717) is 17.9 Å². The number of hydrogen-bond donors (Lipinski definition) is 1. The van der Waals surface area contributed by atoms with Gasteiger partial charge in [0.05, 0.1) is 11.2 Å². The number of sulfonamides is 1. The molecule has 0 radical (unpaired) electrons. The standard InChI is InChI=1S/C15H16N4O2S/c1-3-19-14(10-11(2)17-19)18-22(20,21)13-8-4-6-12-7-5-9-16-15(12)13/h4-10,18H,3H2,1-2H3. The Bertz CT molecular complexity index is 926. The highest BCUT2D eigenvalue weighted by atomic mass is 32.2. The maximum absolute atomic E-state index is 12.7. The van der Waals surface area contributed by atoms with Crippen molar-refractivity contribution in [1.29, 1.82) is 0 Å². The van der Waals surface area contributed by atoms with Gasteiger partial charge in [-0.1, -0.05) is 18.2 Å². The SMILES string of the molecule is CCn1nc(C)cc1NS(=O)(=O)c1cccc2cccnc12. The summed E-state index contributed by atoms with van der Waals surface area (Å²) in [4.78, 5) is 4.35. The van der Waals surface area contributed by atoms with E-state index in [-0.39, 0.29) is 4.90 Å². The van der Waals surface area contributed by atoms with Gasteiger partial charge in [0, 0.05) is 24.2 Å². The van der Waals surface area contributed by atoms with Crippen molar-refractivity contribution in [2.75, 3.05) is 4.72 Å². The molecule has 0 aliphatic carbocycles. The number of hydrogen-bond acceptors (Lipinski definition) is 4. The van der Waals surface area contributed by atoms with E-state index in [0.717, 1.165) is 11.1 Å². The number of nitrogens with one attached hydrogen (secondary N) is 1. The monoisotopic (exact) mass is 316 g/mol. The zero-order valence-corrected chi connectivity index (χ0v) is 13.1. The molecule has 7 heteroatoms. The molecule has 0 atom stereocenters. The van der Waals surface area contributed by atoms with Crippen LogP contribution in [-0.4, -0.2) is 23.2 Å². The predicted molar refractivity (Wildman–Crippen MR) is 85.2 cm³/mol. The van der Waals surface area contributed by atoms with Crippen molar-refractivity contribution in [3.63, 3.8) is 0 Å². The summed E-state index contributed by atoms with van der Waals surface area (Å²) in [5, 5.41) is 5.03. The lowest BCUT2D eigenvalue weighted by molar-refractivity contribution is 0.599. The molecule has 2 heterocycles. The molecule has 0 aliphatic heterocycles. The molecule has 0 saturated carbocycles. The first-order chi connectivity index (χ1) is 10.5. The molecule has 1 N–H and O–H groups in total. The van der Waals surface area contributed by atoms with E-state index in [1.54, 1.807) is 35.1 Å². The Morgan fingerprint density at radius 3 is 2.77 bits per heavy atom. The number of aromatic nitrogens is 3. The van der Waals surface area contributed by atoms with Gasteiger partial charge in [-0.2, -0.15) is 5.10 Å². The molecule has 0 fully saturated rings. The fraction of sp³-hybridized carbons (Fsp3) is 0.200. The number of anilines is 1. The first-order valence-electron chi connectivity index (χ1n) is 6.92. The maximum Gasteiger partial charge on any atom is 0.265 e. The summed E-state index contributed by atoms with van der Waals surface area (Å²) in [5.74, 6) is 0.452. The highest BCUT2D eigenvalue weighted by molar-refractivity contribution is 7.93. The van der Waals surface area contributed by atoms with E-state index in [9.17, 15) is 8.42 Å². The minimum absolute atomic E-state index is 0.159. The molecule has 0 saturated heterocycles. The lowest BCUT2D eigenvalue weighted by Gasteiger charge is -2.10. The van der Waals surface area contributed by atoms with Crippen LogP contribution in [0.2, 0.25) is 0 Å². The lowest BCUT2D eigenvalue weighted by atomic mass is 10.2. The van der Waals surface area contributed by atoms with Crippen LogP contribution in [0.15, 0.2) is 47.5 Å². The Kier molecular flexibility index (Phi) is 3.58. The Morgan fingerprint density at radius 2 is 2.00 bits per heavy atom. The third kappa shape index (κ3) is 2.55. The van der Waals surface area contributed by atoms with Gasteiger partial charge in [-0.15, -0.1) is 0 Å². The molecule has 3 rings (SSSR count). The van der Waals surface area contributed by atoms with E-state index in [2.05, 4.69) is 14.8 Å². The third-order valence-electron chi connectivity index (χ3n) is 3.33. The molecular formula is C15H16N4O2S. The number of benzene rings is 1. The third-order valence-corrected chi connectivity index (χ3v) is 4.71. The molecule has 0 unspecified atom stereocenters. The van der Waals surface area contributed by atoms with E-state index in [1.165, 1.54) is 0 Å². The van der Waals surface area contributed by atoms with Gasteiger partial charge < -0.3 is 0 Å². The number of fused-ring (bicyclic) bond motifs is 1. The lowest BCUT2D eigenvalue weighted by Crippen LogP contribution is -2.16. The van der Waals surface area contributed by atoms with Gasteiger partial charge in [0.1, 0.15) is 10.7 Å². The molecule has 114 valence electrons.